The lowest BCUT2D eigenvalue weighted by atomic mass is 9.58. The number of carbonyl (C=O) groups excluding carboxylic acids is 1. The fourth-order valence-electron chi connectivity index (χ4n) is 5.16. The van der Waals surface area contributed by atoms with Crippen molar-refractivity contribution in [3.05, 3.63) is 34.9 Å². The van der Waals surface area contributed by atoms with E-state index in [4.69, 9.17) is 5.73 Å². The highest BCUT2D eigenvalue weighted by Gasteiger charge is 2.50. The second kappa shape index (κ2) is 5.07. The molecule has 2 bridgehead atoms. The van der Waals surface area contributed by atoms with Crippen LogP contribution in [0.4, 0.5) is 0 Å². The van der Waals surface area contributed by atoms with Gasteiger partial charge in [-0.2, -0.15) is 0 Å². The summed E-state index contributed by atoms with van der Waals surface area (Å²) >= 11 is 0. The minimum absolute atomic E-state index is 0.170. The van der Waals surface area contributed by atoms with Gasteiger partial charge in [0.15, 0.2) is 0 Å². The monoisotopic (exact) mass is 312 g/mol. The van der Waals surface area contributed by atoms with E-state index in [-0.39, 0.29) is 11.3 Å². The number of piperidine rings is 1. The number of hydrogen-bond acceptors (Lipinski definition) is 2. The van der Waals surface area contributed by atoms with Gasteiger partial charge in [-0.15, -0.1) is 0 Å². The number of carbonyl (C=O) groups is 1. The molecule has 1 aromatic carbocycles. The summed E-state index contributed by atoms with van der Waals surface area (Å²) in [5, 5.41) is 0. The summed E-state index contributed by atoms with van der Waals surface area (Å²) in [5.41, 5.74) is 9.13. The molecule has 2 fully saturated rings. The highest BCUT2D eigenvalue weighted by molar-refractivity contribution is 5.93. The third-order valence-corrected chi connectivity index (χ3v) is 7.16. The van der Waals surface area contributed by atoms with Gasteiger partial charge < -0.3 is 5.73 Å². The van der Waals surface area contributed by atoms with E-state index >= 15 is 0 Å². The number of hydrogen-bond donors (Lipinski definition) is 1. The van der Waals surface area contributed by atoms with E-state index in [0.717, 1.165) is 18.4 Å². The fourth-order valence-corrected chi connectivity index (χ4v) is 5.16. The lowest BCUT2D eigenvalue weighted by Gasteiger charge is -2.56. The second-order valence-corrected chi connectivity index (χ2v) is 8.28. The Hall–Kier alpha value is -1.35. The average Bonchev–Trinajstić information content (AvgIpc) is 3.34. The number of fused-ring (bicyclic) bond motifs is 4. The van der Waals surface area contributed by atoms with Crippen LogP contribution in [0.3, 0.4) is 0 Å². The molecule has 4 rings (SSSR count). The molecule has 1 amide bonds. The third kappa shape index (κ3) is 2.24. The van der Waals surface area contributed by atoms with Crippen LogP contribution < -0.4 is 5.73 Å². The molecule has 23 heavy (non-hydrogen) atoms. The Labute approximate surface area is 139 Å². The minimum atomic E-state index is -0.314. The summed E-state index contributed by atoms with van der Waals surface area (Å²) < 4.78 is 0. The van der Waals surface area contributed by atoms with Crippen molar-refractivity contribution in [2.24, 2.45) is 17.6 Å². The van der Waals surface area contributed by atoms with Crippen LogP contribution in [-0.2, 0) is 11.8 Å². The van der Waals surface area contributed by atoms with Gasteiger partial charge in [0.1, 0.15) is 0 Å². The number of likely N-dealkylation sites (tertiary alicyclic amines) is 1. The van der Waals surface area contributed by atoms with Crippen LogP contribution in [0.25, 0.3) is 0 Å². The Morgan fingerprint density at radius 2 is 2.13 bits per heavy atom. The highest BCUT2D eigenvalue weighted by atomic mass is 16.1. The summed E-state index contributed by atoms with van der Waals surface area (Å²) in [6, 6.07) is 7.49. The largest absolute Gasteiger partial charge is 0.366 e. The van der Waals surface area contributed by atoms with Gasteiger partial charge in [-0.3, -0.25) is 9.69 Å². The van der Waals surface area contributed by atoms with Crippen molar-refractivity contribution in [1.82, 2.24) is 4.90 Å². The Bertz CT molecular complexity index is 651. The Morgan fingerprint density at radius 3 is 2.78 bits per heavy atom. The molecular weight excluding hydrogens is 284 g/mol. The number of rotatable bonds is 3. The average molecular weight is 312 g/mol. The van der Waals surface area contributed by atoms with Crippen molar-refractivity contribution >= 4 is 5.91 Å². The van der Waals surface area contributed by atoms with E-state index in [1.165, 1.54) is 36.9 Å². The lowest BCUT2D eigenvalue weighted by molar-refractivity contribution is 0.000499. The molecule has 0 radical (unpaired) electrons. The molecule has 1 saturated carbocycles. The molecule has 2 unspecified atom stereocenters. The van der Waals surface area contributed by atoms with Crippen molar-refractivity contribution < 1.29 is 4.79 Å². The van der Waals surface area contributed by atoms with Crippen molar-refractivity contribution in [2.45, 2.75) is 64.0 Å². The normalized spacial score (nSPS) is 34.7. The number of nitrogens with two attached hydrogens (primary N) is 1. The Morgan fingerprint density at radius 1 is 1.39 bits per heavy atom. The first-order valence-corrected chi connectivity index (χ1v) is 9.11. The van der Waals surface area contributed by atoms with Crippen molar-refractivity contribution in [2.75, 3.05) is 6.54 Å². The van der Waals surface area contributed by atoms with E-state index in [1.54, 1.807) is 0 Å². The molecule has 3 aliphatic rings. The minimum Gasteiger partial charge on any atom is -0.366 e. The van der Waals surface area contributed by atoms with Crippen LogP contribution in [0, 0.1) is 11.8 Å². The molecule has 1 aromatic rings. The van der Waals surface area contributed by atoms with Crippen LogP contribution in [0.2, 0.25) is 0 Å². The maximum absolute atomic E-state index is 11.6. The van der Waals surface area contributed by atoms with Gasteiger partial charge in [-0.1, -0.05) is 19.9 Å². The van der Waals surface area contributed by atoms with Gasteiger partial charge in [-0.25, -0.2) is 0 Å². The van der Waals surface area contributed by atoms with Gasteiger partial charge in [0.2, 0.25) is 5.91 Å². The van der Waals surface area contributed by atoms with Crippen LogP contribution >= 0.6 is 0 Å². The van der Waals surface area contributed by atoms with E-state index in [0.29, 0.717) is 17.5 Å². The molecular formula is C20H28N2O. The predicted octanol–water partition coefficient (Wildman–Crippen LogP) is 3.11. The number of benzene rings is 1. The quantitative estimate of drug-likeness (QED) is 0.932. The first-order valence-electron chi connectivity index (χ1n) is 9.11. The first-order chi connectivity index (χ1) is 10.9. The lowest BCUT2D eigenvalue weighted by Crippen LogP contribution is -2.60. The summed E-state index contributed by atoms with van der Waals surface area (Å²) in [7, 11) is 0. The topological polar surface area (TPSA) is 46.3 Å². The Balaban J connectivity index is 1.73. The van der Waals surface area contributed by atoms with E-state index in [9.17, 15) is 4.79 Å². The van der Waals surface area contributed by atoms with E-state index in [2.05, 4.69) is 37.8 Å². The maximum Gasteiger partial charge on any atom is 0.248 e. The predicted molar refractivity (Wildman–Crippen MR) is 92.5 cm³/mol. The van der Waals surface area contributed by atoms with Gasteiger partial charge in [0, 0.05) is 17.6 Å². The Kier molecular flexibility index (Phi) is 3.35. The van der Waals surface area contributed by atoms with Crippen LogP contribution in [0.15, 0.2) is 18.2 Å². The van der Waals surface area contributed by atoms with Crippen LogP contribution in [-0.4, -0.2) is 29.4 Å². The highest BCUT2D eigenvalue weighted by Crippen LogP contribution is 2.50. The molecule has 1 aliphatic heterocycles. The van der Waals surface area contributed by atoms with Crippen molar-refractivity contribution in [3.63, 3.8) is 0 Å². The SMILES string of the molecule is C[C@@H](C1CC1)N1CCC2(C)c3cc(C(N)=O)ccc3CC1[C@@H]2C. The van der Waals surface area contributed by atoms with E-state index < -0.39 is 0 Å². The standard InChI is InChI=1S/C20H28N2O/c1-12-18-11-15-6-7-16(19(21)23)10-17(15)20(12,3)8-9-22(18)13(2)14-4-5-14/h6-7,10,12-14,18H,4-5,8-9,11H2,1-3H3,(H2,21,23)/t12-,13-,18?,20?/m0/s1. The zero-order chi connectivity index (χ0) is 16.4. The molecule has 2 N–H and O–H groups in total. The zero-order valence-electron chi connectivity index (χ0n) is 14.5. The zero-order valence-corrected chi connectivity index (χ0v) is 14.5. The number of amides is 1. The summed E-state index contributed by atoms with van der Waals surface area (Å²) in [6.45, 7) is 8.42. The van der Waals surface area contributed by atoms with Crippen LogP contribution in [0.5, 0.6) is 0 Å². The third-order valence-electron chi connectivity index (χ3n) is 7.16. The van der Waals surface area contributed by atoms with Gasteiger partial charge in [-0.05, 0) is 79.7 Å². The molecule has 124 valence electrons. The van der Waals surface area contributed by atoms with Crippen LogP contribution in [0.1, 0.15) is 61.5 Å². The summed E-state index contributed by atoms with van der Waals surface area (Å²) in [6.07, 6.45) is 5.11. The molecule has 3 nitrogen and oxygen atoms in total. The van der Waals surface area contributed by atoms with Crippen molar-refractivity contribution in [1.29, 1.82) is 0 Å². The maximum atomic E-state index is 11.6. The fraction of sp³-hybridized carbons (Fsp3) is 0.650. The molecule has 1 saturated heterocycles. The van der Waals surface area contributed by atoms with E-state index in [1.807, 2.05) is 6.07 Å². The second-order valence-electron chi connectivity index (χ2n) is 8.28. The molecule has 0 spiro atoms. The molecule has 0 aromatic heterocycles. The molecule has 2 aliphatic carbocycles. The van der Waals surface area contributed by atoms with Gasteiger partial charge in [0.05, 0.1) is 0 Å². The van der Waals surface area contributed by atoms with Gasteiger partial charge >= 0.3 is 0 Å². The van der Waals surface area contributed by atoms with Gasteiger partial charge in [0.25, 0.3) is 0 Å². The smallest absolute Gasteiger partial charge is 0.248 e. The molecule has 1 heterocycles. The summed E-state index contributed by atoms with van der Waals surface area (Å²) in [5.74, 6) is 1.23. The number of primary amides is 1. The number of nitrogens with zero attached hydrogens (tertiary/aromatic N) is 1. The molecule has 4 atom stereocenters. The first kappa shape index (κ1) is 15.2. The molecule has 3 heteroatoms. The van der Waals surface area contributed by atoms with Crippen molar-refractivity contribution in [3.8, 4) is 0 Å². The summed E-state index contributed by atoms with van der Waals surface area (Å²) in [4.78, 5) is 14.4.